The lowest BCUT2D eigenvalue weighted by molar-refractivity contribution is 0.0513. The molecule has 0 radical (unpaired) electrons. The lowest BCUT2D eigenvalue weighted by Crippen LogP contribution is -2.47. The third-order valence-corrected chi connectivity index (χ3v) is 5.68. The van der Waals surface area contributed by atoms with E-state index in [0.717, 1.165) is 50.9 Å². The minimum atomic E-state index is 0.0325. The topological polar surface area (TPSA) is 54.9 Å². The fourth-order valence-electron chi connectivity index (χ4n) is 3.74. The van der Waals surface area contributed by atoms with Gasteiger partial charge in [-0.3, -0.25) is 4.99 Å². The van der Waals surface area contributed by atoms with E-state index in [-0.39, 0.29) is 5.41 Å². The highest BCUT2D eigenvalue weighted by Crippen LogP contribution is 2.35. The molecule has 5 heteroatoms. The van der Waals surface area contributed by atoms with Crippen LogP contribution >= 0.6 is 0 Å². The first-order valence-electron chi connectivity index (χ1n) is 9.88. The average molecular weight is 382 g/mol. The Hall–Kier alpha value is -2.53. The van der Waals surface area contributed by atoms with Crippen molar-refractivity contribution in [2.24, 2.45) is 4.99 Å². The monoisotopic (exact) mass is 381 g/mol. The van der Waals surface area contributed by atoms with Crippen LogP contribution in [0.3, 0.4) is 0 Å². The molecular formula is C23H31N3O2. The van der Waals surface area contributed by atoms with E-state index >= 15 is 0 Å². The number of aliphatic imine (C=N–C) groups is 1. The van der Waals surface area contributed by atoms with Crippen molar-refractivity contribution in [2.45, 2.75) is 31.7 Å². The van der Waals surface area contributed by atoms with Gasteiger partial charge in [-0.1, -0.05) is 36.4 Å². The van der Waals surface area contributed by atoms with Crippen LogP contribution in [0, 0.1) is 6.92 Å². The van der Waals surface area contributed by atoms with Gasteiger partial charge >= 0.3 is 0 Å². The lowest BCUT2D eigenvalue weighted by atomic mass is 9.74. The fraction of sp³-hybridized carbons (Fsp3) is 0.435. The zero-order valence-corrected chi connectivity index (χ0v) is 17.1. The minimum Gasteiger partial charge on any atom is -0.497 e. The van der Waals surface area contributed by atoms with E-state index < -0.39 is 0 Å². The predicted molar refractivity (Wildman–Crippen MR) is 114 cm³/mol. The maximum absolute atomic E-state index is 5.64. The standard InChI is InChI=1S/C23H31N3O2/c1-18-6-4-5-7-19(18)16-25-22(24-2)26-17-23(12-14-28-15-13-23)20-8-10-21(27-3)11-9-20/h4-11H,12-17H2,1-3H3,(H2,24,25,26). The molecular weight excluding hydrogens is 350 g/mol. The quantitative estimate of drug-likeness (QED) is 0.595. The molecule has 1 aliphatic heterocycles. The summed E-state index contributed by atoms with van der Waals surface area (Å²) in [6.07, 6.45) is 1.97. The van der Waals surface area contributed by atoms with Gasteiger partial charge in [0.2, 0.25) is 0 Å². The predicted octanol–water partition coefficient (Wildman–Crippen LogP) is 3.42. The molecule has 2 aromatic carbocycles. The molecule has 0 aliphatic carbocycles. The molecule has 0 bridgehead atoms. The van der Waals surface area contributed by atoms with Crippen LogP contribution in [-0.2, 0) is 16.7 Å². The molecule has 2 aromatic rings. The molecule has 1 aliphatic rings. The zero-order chi connectivity index (χ0) is 19.8. The number of rotatable bonds is 6. The Bertz CT molecular complexity index is 781. The number of methoxy groups -OCH3 is 1. The number of benzene rings is 2. The third-order valence-electron chi connectivity index (χ3n) is 5.68. The largest absolute Gasteiger partial charge is 0.497 e. The van der Waals surface area contributed by atoms with Gasteiger partial charge < -0.3 is 20.1 Å². The number of nitrogens with one attached hydrogen (secondary N) is 2. The van der Waals surface area contributed by atoms with E-state index in [0.29, 0.717) is 0 Å². The van der Waals surface area contributed by atoms with Gasteiger partial charge in [-0.25, -0.2) is 0 Å². The summed E-state index contributed by atoms with van der Waals surface area (Å²) >= 11 is 0. The van der Waals surface area contributed by atoms with Crippen LogP contribution in [0.5, 0.6) is 5.75 Å². The first-order valence-corrected chi connectivity index (χ1v) is 9.88. The Labute approximate surface area is 168 Å². The summed E-state index contributed by atoms with van der Waals surface area (Å²) in [5.41, 5.74) is 3.91. The molecule has 3 rings (SSSR count). The molecule has 150 valence electrons. The van der Waals surface area contributed by atoms with Gasteiger partial charge in [0.05, 0.1) is 7.11 Å². The van der Waals surface area contributed by atoms with Crippen molar-refractivity contribution in [3.05, 3.63) is 65.2 Å². The van der Waals surface area contributed by atoms with E-state index in [1.807, 2.05) is 19.2 Å². The first kappa shape index (κ1) is 20.2. The van der Waals surface area contributed by atoms with Crippen molar-refractivity contribution < 1.29 is 9.47 Å². The Morgan fingerprint density at radius 2 is 1.79 bits per heavy atom. The minimum absolute atomic E-state index is 0.0325. The van der Waals surface area contributed by atoms with Crippen LogP contribution in [0.1, 0.15) is 29.5 Å². The summed E-state index contributed by atoms with van der Waals surface area (Å²) in [6.45, 7) is 5.26. The Balaban J connectivity index is 1.67. The van der Waals surface area contributed by atoms with Crippen molar-refractivity contribution in [3.63, 3.8) is 0 Å². The summed E-state index contributed by atoms with van der Waals surface area (Å²) in [5.74, 6) is 1.71. The van der Waals surface area contributed by atoms with Gasteiger partial charge in [0, 0.05) is 38.8 Å². The molecule has 0 unspecified atom stereocenters. The zero-order valence-electron chi connectivity index (χ0n) is 17.1. The number of guanidine groups is 1. The van der Waals surface area contributed by atoms with Crippen molar-refractivity contribution >= 4 is 5.96 Å². The van der Waals surface area contributed by atoms with E-state index in [2.05, 4.69) is 58.9 Å². The Morgan fingerprint density at radius 3 is 2.43 bits per heavy atom. The number of nitrogens with zero attached hydrogens (tertiary/aromatic N) is 1. The van der Waals surface area contributed by atoms with Gasteiger partial charge in [-0.05, 0) is 48.6 Å². The third kappa shape index (κ3) is 4.84. The van der Waals surface area contributed by atoms with Gasteiger partial charge in [0.1, 0.15) is 5.75 Å². The van der Waals surface area contributed by atoms with Crippen molar-refractivity contribution in [1.82, 2.24) is 10.6 Å². The summed E-state index contributed by atoms with van der Waals surface area (Å²) in [5, 5.41) is 6.99. The lowest BCUT2D eigenvalue weighted by Gasteiger charge is -2.38. The van der Waals surface area contributed by atoms with Crippen LogP contribution in [0.15, 0.2) is 53.5 Å². The molecule has 0 saturated carbocycles. The van der Waals surface area contributed by atoms with Crippen molar-refractivity contribution in [2.75, 3.05) is 33.9 Å². The van der Waals surface area contributed by atoms with Crippen LogP contribution in [0.4, 0.5) is 0 Å². The van der Waals surface area contributed by atoms with E-state index in [4.69, 9.17) is 9.47 Å². The highest BCUT2D eigenvalue weighted by atomic mass is 16.5. The second kappa shape index (κ2) is 9.60. The molecule has 1 heterocycles. The molecule has 1 saturated heterocycles. The molecule has 5 nitrogen and oxygen atoms in total. The van der Waals surface area contributed by atoms with Crippen molar-refractivity contribution in [1.29, 1.82) is 0 Å². The molecule has 2 N–H and O–H groups in total. The summed E-state index contributed by atoms with van der Waals surface area (Å²) in [7, 11) is 3.52. The second-order valence-electron chi connectivity index (χ2n) is 7.33. The maximum atomic E-state index is 5.64. The average Bonchev–Trinajstić information content (AvgIpc) is 2.75. The Kier molecular flexibility index (Phi) is 6.93. The van der Waals surface area contributed by atoms with Gasteiger partial charge in [0.15, 0.2) is 5.96 Å². The molecule has 0 spiro atoms. The van der Waals surface area contributed by atoms with Gasteiger partial charge in [0.25, 0.3) is 0 Å². The smallest absolute Gasteiger partial charge is 0.191 e. The second-order valence-corrected chi connectivity index (χ2v) is 7.33. The highest BCUT2D eigenvalue weighted by Gasteiger charge is 2.34. The molecule has 0 atom stereocenters. The number of hydrogen-bond acceptors (Lipinski definition) is 3. The fourth-order valence-corrected chi connectivity index (χ4v) is 3.74. The summed E-state index contributed by atoms with van der Waals surface area (Å²) in [6, 6.07) is 16.8. The van der Waals surface area contributed by atoms with Crippen LogP contribution in [0.25, 0.3) is 0 Å². The maximum Gasteiger partial charge on any atom is 0.191 e. The summed E-state index contributed by atoms with van der Waals surface area (Å²) in [4.78, 5) is 4.41. The molecule has 28 heavy (non-hydrogen) atoms. The van der Waals surface area contributed by atoms with Crippen LogP contribution in [0.2, 0.25) is 0 Å². The highest BCUT2D eigenvalue weighted by molar-refractivity contribution is 5.79. The van der Waals surface area contributed by atoms with E-state index in [9.17, 15) is 0 Å². The number of hydrogen-bond donors (Lipinski definition) is 2. The molecule has 0 amide bonds. The van der Waals surface area contributed by atoms with Gasteiger partial charge in [-0.15, -0.1) is 0 Å². The molecule has 1 fully saturated rings. The SMILES string of the molecule is CN=C(NCc1ccccc1C)NCC1(c2ccc(OC)cc2)CCOCC1. The number of aryl methyl sites for hydroxylation is 1. The van der Waals surface area contributed by atoms with E-state index in [1.54, 1.807) is 7.11 Å². The van der Waals surface area contributed by atoms with Gasteiger partial charge in [-0.2, -0.15) is 0 Å². The normalized spacial score (nSPS) is 16.5. The molecule has 0 aromatic heterocycles. The number of ether oxygens (including phenoxy) is 2. The van der Waals surface area contributed by atoms with Crippen molar-refractivity contribution in [3.8, 4) is 5.75 Å². The van der Waals surface area contributed by atoms with E-state index in [1.165, 1.54) is 16.7 Å². The van der Waals surface area contributed by atoms with Crippen LogP contribution < -0.4 is 15.4 Å². The first-order chi connectivity index (χ1) is 13.7. The Morgan fingerprint density at radius 1 is 1.07 bits per heavy atom. The summed E-state index contributed by atoms with van der Waals surface area (Å²) < 4.78 is 11.0. The van der Waals surface area contributed by atoms with Crippen LogP contribution in [-0.4, -0.2) is 39.9 Å².